The van der Waals surface area contributed by atoms with Gasteiger partial charge in [0.25, 0.3) is 20.9 Å². The van der Waals surface area contributed by atoms with Gasteiger partial charge in [0.15, 0.2) is 5.75 Å². The molecule has 0 amide bonds. The SMILES string of the molecule is CON(C)S(=O)(=O)c1c(Cl)ccc(Nc2c(NCC3CCC(C)O3)c(=O)c2=O)c1O. The lowest BCUT2D eigenvalue weighted by molar-refractivity contribution is -0.0259. The number of sulfonamides is 1. The molecule has 0 aliphatic carbocycles. The average molecular weight is 460 g/mol. The van der Waals surface area contributed by atoms with Gasteiger partial charge in [-0.2, -0.15) is 0 Å². The summed E-state index contributed by atoms with van der Waals surface area (Å²) in [6.07, 6.45) is 1.80. The first-order valence-electron chi connectivity index (χ1n) is 9.12. The summed E-state index contributed by atoms with van der Waals surface area (Å²) in [4.78, 5) is 28.1. The fraction of sp³-hybridized carbons (Fsp3) is 0.444. The van der Waals surface area contributed by atoms with E-state index in [-0.39, 0.29) is 34.3 Å². The zero-order valence-electron chi connectivity index (χ0n) is 16.6. The van der Waals surface area contributed by atoms with Gasteiger partial charge in [-0.25, -0.2) is 8.42 Å². The summed E-state index contributed by atoms with van der Waals surface area (Å²) in [5, 5.41) is 15.8. The number of ether oxygens (including phenoxy) is 1. The molecule has 3 N–H and O–H groups in total. The number of hydrogen-bond donors (Lipinski definition) is 3. The van der Waals surface area contributed by atoms with E-state index in [2.05, 4.69) is 10.6 Å². The van der Waals surface area contributed by atoms with Crippen LogP contribution in [0, 0.1) is 0 Å². The van der Waals surface area contributed by atoms with Gasteiger partial charge in [-0.05, 0) is 31.9 Å². The summed E-state index contributed by atoms with van der Waals surface area (Å²) in [6.45, 7) is 2.30. The fourth-order valence-electron chi connectivity index (χ4n) is 3.18. The van der Waals surface area contributed by atoms with Gasteiger partial charge in [-0.3, -0.25) is 14.4 Å². The van der Waals surface area contributed by atoms with Crippen molar-refractivity contribution in [2.75, 3.05) is 31.3 Å². The molecule has 1 heterocycles. The Labute approximate surface area is 178 Å². The van der Waals surface area contributed by atoms with Gasteiger partial charge in [0.05, 0.1) is 30.0 Å². The van der Waals surface area contributed by atoms with Gasteiger partial charge in [-0.1, -0.05) is 16.1 Å². The van der Waals surface area contributed by atoms with Crippen LogP contribution in [-0.2, 0) is 19.6 Å². The highest BCUT2D eigenvalue weighted by Gasteiger charge is 2.31. The first-order chi connectivity index (χ1) is 14.1. The molecular formula is C18H22ClN3O7S. The molecule has 0 spiro atoms. The molecule has 12 heteroatoms. The second-order valence-corrected chi connectivity index (χ2v) is 9.21. The van der Waals surface area contributed by atoms with Crippen molar-refractivity contribution < 1.29 is 23.1 Å². The van der Waals surface area contributed by atoms with E-state index in [1.54, 1.807) is 0 Å². The molecule has 2 unspecified atom stereocenters. The van der Waals surface area contributed by atoms with Crippen molar-refractivity contribution >= 4 is 38.7 Å². The standard InChI is InChI=1S/C18H22ClN3O7S/c1-9-4-5-10(29-9)8-20-13-14(17(25)16(13)24)21-12-7-6-11(19)18(15(12)23)30(26,27)22(2)28-3/h6-7,9-10,20-21,23H,4-5,8H2,1-3H3. The van der Waals surface area contributed by atoms with Crippen LogP contribution >= 0.6 is 11.6 Å². The molecule has 1 saturated heterocycles. The molecule has 1 aliphatic rings. The van der Waals surface area contributed by atoms with Crippen LogP contribution < -0.4 is 21.5 Å². The third-order valence-corrected chi connectivity index (χ3v) is 7.12. The van der Waals surface area contributed by atoms with E-state index in [1.165, 1.54) is 12.1 Å². The number of hydroxylamine groups is 1. The van der Waals surface area contributed by atoms with Crippen molar-refractivity contribution in [1.82, 2.24) is 4.47 Å². The normalized spacial score (nSPS) is 19.5. The minimum Gasteiger partial charge on any atom is -0.504 e. The zero-order valence-corrected chi connectivity index (χ0v) is 18.1. The number of rotatable bonds is 8. The summed E-state index contributed by atoms with van der Waals surface area (Å²) in [6, 6.07) is 2.54. The number of anilines is 3. The van der Waals surface area contributed by atoms with Crippen LogP contribution in [-0.4, -0.2) is 50.9 Å². The Kier molecular flexibility index (Phi) is 6.39. The number of halogens is 1. The number of phenols is 1. The molecule has 2 aromatic rings. The molecule has 0 aromatic heterocycles. The average Bonchev–Trinajstić information content (AvgIpc) is 3.12. The summed E-state index contributed by atoms with van der Waals surface area (Å²) >= 11 is 5.98. The van der Waals surface area contributed by atoms with Crippen LogP contribution in [0.2, 0.25) is 5.02 Å². The van der Waals surface area contributed by atoms with E-state index in [4.69, 9.17) is 21.2 Å². The summed E-state index contributed by atoms with van der Waals surface area (Å²) in [7, 11) is -2.00. The van der Waals surface area contributed by atoms with E-state index in [9.17, 15) is 23.1 Å². The third-order valence-electron chi connectivity index (χ3n) is 4.93. The maximum absolute atomic E-state index is 12.6. The number of benzene rings is 1. The molecular weight excluding hydrogens is 438 g/mol. The predicted molar refractivity (Wildman–Crippen MR) is 112 cm³/mol. The van der Waals surface area contributed by atoms with Crippen LogP contribution in [0.5, 0.6) is 5.75 Å². The van der Waals surface area contributed by atoms with Crippen LogP contribution in [0.4, 0.5) is 17.1 Å². The second kappa shape index (κ2) is 8.52. The number of nitrogens with zero attached hydrogens (tertiary/aromatic N) is 1. The Hall–Kier alpha value is -2.18. The zero-order chi connectivity index (χ0) is 22.2. The van der Waals surface area contributed by atoms with E-state index in [0.717, 1.165) is 27.0 Å². The smallest absolute Gasteiger partial charge is 0.269 e. The minimum atomic E-state index is -4.27. The summed E-state index contributed by atoms with van der Waals surface area (Å²) < 4.78 is 31.3. The first kappa shape index (κ1) is 22.5. The Morgan fingerprint density at radius 2 is 1.93 bits per heavy atom. The number of phenolic OH excluding ortho intramolecular Hbond substituents is 1. The highest BCUT2D eigenvalue weighted by molar-refractivity contribution is 7.89. The van der Waals surface area contributed by atoms with Crippen molar-refractivity contribution in [3.8, 4) is 5.75 Å². The van der Waals surface area contributed by atoms with Gasteiger partial charge in [0, 0.05) is 13.6 Å². The van der Waals surface area contributed by atoms with Crippen molar-refractivity contribution in [2.24, 2.45) is 0 Å². The van der Waals surface area contributed by atoms with Crippen LogP contribution in [0.15, 0.2) is 26.6 Å². The first-order valence-corrected chi connectivity index (χ1v) is 10.9. The molecule has 1 fully saturated rings. The third kappa shape index (κ3) is 4.03. The quantitative estimate of drug-likeness (QED) is 0.305. The lowest BCUT2D eigenvalue weighted by atomic mass is 10.1. The molecule has 0 bridgehead atoms. The lowest BCUT2D eigenvalue weighted by Crippen LogP contribution is -2.38. The Balaban J connectivity index is 1.88. The summed E-state index contributed by atoms with van der Waals surface area (Å²) in [5.41, 5.74) is -1.62. The van der Waals surface area contributed by atoms with E-state index < -0.39 is 31.5 Å². The topological polar surface area (TPSA) is 134 Å². The maximum atomic E-state index is 12.6. The number of nitrogens with one attached hydrogen (secondary N) is 2. The van der Waals surface area contributed by atoms with Crippen LogP contribution in [0.1, 0.15) is 19.8 Å². The molecule has 2 atom stereocenters. The van der Waals surface area contributed by atoms with E-state index in [1.807, 2.05) is 6.92 Å². The van der Waals surface area contributed by atoms with Crippen LogP contribution in [0.25, 0.3) is 0 Å². The van der Waals surface area contributed by atoms with Gasteiger partial charge in [-0.15, -0.1) is 0 Å². The molecule has 0 radical (unpaired) electrons. The van der Waals surface area contributed by atoms with Crippen molar-refractivity contribution in [3.63, 3.8) is 0 Å². The lowest BCUT2D eigenvalue weighted by Gasteiger charge is -2.20. The molecule has 30 heavy (non-hydrogen) atoms. The summed E-state index contributed by atoms with van der Waals surface area (Å²) in [5.74, 6) is -0.710. The van der Waals surface area contributed by atoms with Crippen molar-refractivity contribution in [2.45, 2.75) is 36.9 Å². The highest BCUT2D eigenvalue weighted by atomic mass is 35.5. The number of hydrogen-bond acceptors (Lipinski definition) is 9. The maximum Gasteiger partial charge on any atom is 0.269 e. The van der Waals surface area contributed by atoms with Gasteiger partial charge in [0.1, 0.15) is 16.3 Å². The molecule has 10 nitrogen and oxygen atoms in total. The largest absolute Gasteiger partial charge is 0.504 e. The van der Waals surface area contributed by atoms with Crippen molar-refractivity contribution in [3.05, 3.63) is 37.6 Å². The fourth-order valence-corrected chi connectivity index (χ4v) is 4.75. The Bertz CT molecular complexity index is 1130. The highest BCUT2D eigenvalue weighted by Crippen LogP contribution is 2.39. The second-order valence-electron chi connectivity index (χ2n) is 6.93. The van der Waals surface area contributed by atoms with Gasteiger partial charge >= 0.3 is 0 Å². The van der Waals surface area contributed by atoms with E-state index >= 15 is 0 Å². The molecule has 0 saturated carbocycles. The predicted octanol–water partition coefficient (Wildman–Crippen LogP) is 1.55. The van der Waals surface area contributed by atoms with Gasteiger partial charge in [0.2, 0.25) is 0 Å². The van der Waals surface area contributed by atoms with Crippen LogP contribution in [0.3, 0.4) is 0 Å². The monoisotopic (exact) mass is 459 g/mol. The van der Waals surface area contributed by atoms with Gasteiger partial charge < -0.3 is 20.5 Å². The number of aromatic hydroxyl groups is 1. The Morgan fingerprint density at radius 3 is 2.53 bits per heavy atom. The van der Waals surface area contributed by atoms with Crippen molar-refractivity contribution in [1.29, 1.82) is 0 Å². The van der Waals surface area contributed by atoms with E-state index in [0.29, 0.717) is 11.0 Å². The molecule has 1 aliphatic heterocycles. The molecule has 3 rings (SSSR count). The molecule has 164 valence electrons. The minimum absolute atomic E-state index is 0.0518. The Morgan fingerprint density at radius 1 is 1.27 bits per heavy atom. The molecule has 2 aromatic carbocycles.